The lowest BCUT2D eigenvalue weighted by molar-refractivity contribution is 0.0933. The Labute approximate surface area is 214 Å². The van der Waals surface area contributed by atoms with Crippen molar-refractivity contribution in [3.63, 3.8) is 0 Å². The second-order valence-corrected chi connectivity index (χ2v) is 11.1. The number of anilines is 2. The van der Waals surface area contributed by atoms with Gasteiger partial charge in [0.25, 0.3) is 5.91 Å². The fraction of sp³-hybridized carbons (Fsp3) is 0.385. The summed E-state index contributed by atoms with van der Waals surface area (Å²) in [5, 5.41) is 20.2. The van der Waals surface area contributed by atoms with Crippen LogP contribution in [-0.4, -0.2) is 35.9 Å². The molecule has 0 spiro atoms. The fourth-order valence-corrected chi connectivity index (χ4v) is 5.13. The van der Waals surface area contributed by atoms with Crippen LogP contribution in [0, 0.1) is 0 Å². The molecule has 2 N–H and O–H groups in total. The van der Waals surface area contributed by atoms with E-state index in [4.69, 9.17) is 4.98 Å². The summed E-state index contributed by atoms with van der Waals surface area (Å²) >= 11 is 1.37. The van der Waals surface area contributed by atoms with Crippen LogP contribution in [0.3, 0.4) is 0 Å². The molecule has 186 valence electrons. The number of aryl methyl sites for hydroxylation is 2. The average molecular weight is 503 g/mol. The van der Waals surface area contributed by atoms with Crippen LogP contribution < -0.4 is 10.6 Å². The fourth-order valence-electron chi connectivity index (χ4n) is 4.32. The van der Waals surface area contributed by atoms with Crippen molar-refractivity contribution in [1.82, 2.24) is 35.3 Å². The topological polar surface area (TPSA) is 111 Å². The molecule has 3 heterocycles. The first-order valence-corrected chi connectivity index (χ1v) is 12.9. The molecule has 5 rings (SSSR count). The minimum Gasteiger partial charge on any atom is -0.343 e. The second-order valence-electron chi connectivity index (χ2n) is 10.1. The minimum atomic E-state index is -0.160. The van der Waals surface area contributed by atoms with Gasteiger partial charge in [-0.15, -0.1) is 10.2 Å². The number of carbonyl (C=O) groups is 1. The average Bonchev–Trinajstić information content (AvgIpc) is 3.46. The Balaban J connectivity index is 1.36. The van der Waals surface area contributed by atoms with E-state index < -0.39 is 0 Å². The van der Waals surface area contributed by atoms with Gasteiger partial charge in [0, 0.05) is 30.4 Å². The molecule has 36 heavy (non-hydrogen) atoms. The molecule has 1 atom stereocenters. The number of amides is 1. The highest BCUT2D eigenvalue weighted by atomic mass is 32.1. The summed E-state index contributed by atoms with van der Waals surface area (Å²) in [7, 11) is 1.87. The molecular formula is C26H30N8OS. The summed E-state index contributed by atoms with van der Waals surface area (Å²) in [6.45, 7) is 6.22. The highest BCUT2D eigenvalue weighted by Gasteiger charge is 2.25. The van der Waals surface area contributed by atoms with Crippen molar-refractivity contribution in [2.75, 3.05) is 5.32 Å². The zero-order chi connectivity index (χ0) is 25.3. The predicted molar refractivity (Wildman–Crippen MR) is 140 cm³/mol. The van der Waals surface area contributed by atoms with E-state index in [2.05, 4.69) is 69.9 Å². The van der Waals surface area contributed by atoms with E-state index >= 15 is 0 Å². The van der Waals surface area contributed by atoms with Crippen molar-refractivity contribution in [3.8, 4) is 11.3 Å². The molecule has 3 aromatic heterocycles. The third-order valence-electron chi connectivity index (χ3n) is 6.19. The summed E-state index contributed by atoms with van der Waals surface area (Å²) < 4.78 is 1.72. The first kappa shape index (κ1) is 24.1. The summed E-state index contributed by atoms with van der Waals surface area (Å²) in [6, 6.07) is 8.24. The van der Waals surface area contributed by atoms with Crippen LogP contribution in [0.1, 0.15) is 72.0 Å². The molecule has 1 aromatic carbocycles. The number of aromatic nitrogens is 6. The first-order valence-electron chi connectivity index (χ1n) is 12.1. The number of rotatable bonds is 5. The molecule has 1 aliphatic carbocycles. The van der Waals surface area contributed by atoms with Gasteiger partial charge in [-0.05, 0) is 42.5 Å². The van der Waals surface area contributed by atoms with Gasteiger partial charge in [0.2, 0.25) is 11.0 Å². The molecule has 0 saturated heterocycles. The van der Waals surface area contributed by atoms with E-state index in [1.54, 1.807) is 17.1 Å². The number of hydrogen-bond acceptors (Lipinski definition) is 8. The van der Waals surface area contributed by atoms with Crippen molar-refractivity contribution in [3.05, 3.63) is 64.0 Å². The van der Waals surface area contributed by atoms with E-state index in [1.807, 2.05) is 19.3 Å². The Kier molecular flexibility index (Phi) is 6.53. The zero-order valence-electron chi connectivity index (χ0n) is 20.9. The lowest BCUT2D eigenvalue weighted by Gasteiger charge is -2.19. The molecule has 10 heteroatoms. The Hall–Kier alpha value is -3.66. The Morgan fingerprint density at radius 1 is 1.17 bits per heavy atom. The van der Waals surface area contributed by atoms with Crippen LogP contribution in [0.4, 0.5) is 11.6 Å². The number of nitrogens with zero attached hydrogens (tertiary/aromatic N) is 6. The maximum atomic E-state index is 13.0. The van der Waals surface area contributed by atoms with Gasteiger partial charge in [-0.3, -0.25) is 9.48 Å². The summed E-state index contributed by atoms with van der Waals surface area (Å²) in [5.41, 5.74) is 4.97. The van der Waals surface area contributed by atoms with Crippen LogP contribution in [0.25, 0.3) is 11.3 Å². The van der Waals surface area contributed by atoms with E-state index in [0.717, 1.165) is 53.2 Å². The van der Waals surface area contributed by atoms with Gasteiger partial charge in [-0.2, -0.15) is 5.10 Å². The zero-order valence-corrected chi connectivity index (χ0v) is 21.8. The first-order chi connectivity index (χ1) is 17.3. The van der Waals surface area contributed by atoms with Gasteiger partial charge in [0.15, 0.2) is 0 Å². The third kappa shape index (κ3) is 5.28. The maximum Gasteiger partial charge on any atom is 0.282 e. The lowest BCUT2D eigenvalue weighted by Crippen LogP contribution is -2.28. The van der Waals surface area contributed by atoms with Crippen molar-refractivity contribution in [2.24, 2.45) is 7.05 Å². The predicted octanol–water partition coefficient (Wildman–Crippen LogP) is 4.97. The van der Waals surface area contributed by atoms with Crippen molar-refractivity contribution in [2.45, 2.75) is 57.9 Å². The summed E-state index contributed by atoms with van der Waals surface area (Å²) in [6.07, 6.45) is 9.35. The van der Waals surface area contributed by atoms with Gasteiger partial charge in [-0.25, -0.2) is 9.97 Å². The lowest BCUT2D eigenvalue weighted by atomic mass is 9.95. The SMILES string of the molecule is Cn1cc(Nc2nccc(-c3ccc4c(c3)CCCC[C@H]4NC(=O)c3nnc(C(C)(C)C)s3)n2)cn1. The standard InChI is InChI=1S/C26H30N8OS/c1-26(2,3)24-33-32-23(36-24)22(35)30-21-8-6-5-7-16-13-17(9-10-19(16)21)20-11-12-27-25(31-20)29-18-14-28-34(4)15-18/h9-15,21H,5-8H2,1-4H3,(H,30,35)(H,27,29,31)/t21-/m1/s1. The van der Waals surface area contributed by atoms with Gasteiger partial charge in [0.1, 0.15) is 5.01 Å². The Morgan fingerprint density at radius 2 is 2.03 bits per heavy atom. The number of carbonyl (C=O) groups excluding carboxylic acids is 1. The highest BCUT2D eigenvalue weighted by Crippen LogP contribution is 2.33. The van der Waals surface area contributed by atoms with Crippen LogP contribution in [0.5, 0.6) is 0 Å². The molecule has 4 aromatic rings. The van der Waals surface area contributed by atoms with Crippen LogP contribution in [0.15, 0.2) is 42.9 Å². The molecule has 9 nitrogen and oxygen atoms in total. The van der Waals surface area contributed by atoms with Crippen LogP contribution in [0.2, 0.25) is 0 Å². The van der Waals surface area contributed by atoms with Crippen molar-refractivity contribution in [1.29, 1.82) is 0 Å². The van der Waals surface area contributed by atoms with Gasteiger partial charge in [-0.1, -0.05) is 50.7 Å². The number of fused-ring (bicyclic) bond motifs is 1. The quantitative estimate of drug-likeness (QED) is 0.371. The Bertz CT molecular complexity index is 1390. The number of benzene rings is 1. The van der Waals surface area contributed by atoms with Crippen LogP contribution in [-0.2, 0) is 18.9 Å². The highest BCUT2D eigenvalue weighted by molar-refractivity contribution is 7.13. The largest absolute Gasteiger partial charge is 0.343 e. The molecular weight excluding hydrogens is 472 g/mol. The molecule has 0 radical (unpaired) electrons. The normalized spacial score (nSPS) is 15.7. The van der Waals surface area contributed by atoms with Gasteiger partial charge >= 0.3 is 0 Å². The Morgan fingerprint density at radius 3 is 2.78 bits per heavy atom. The summed E-state index contributed by atoms with van der Waals surface area (Å²) in [4.78, 5) is 22.1. The molecule has 0 saturated carbocycles. The number of nitrogens with one attached hydrogen (secondary N) is 2. The molecule has 1 amide bonds. The molecule has 1 aliphatic rings. The van der Waals surface area contributed by atoms with Crippen molar-refractivity contribution >= 4 is 28.9 Å². The molecule has 0 unspecified atom stereocenters. The van der Waals surface area contributed by atoms with E-state index in [9.17, 15) is 4.79 Å². The maximum absolute atomic E-state index is 13.0. The number of hydrogen-bond donors (Lipinski definition) is 2. The minimum absolute atomic E-state index is 0.0563. The van der Waals surface area contributed by atoms with Crippen LogP contribution >= 0.6 is 11.3 Å². The van der Waals surface area contributed by atoms with E-state index in [1.165, 1.54) is 16.9 Å². The van der Waals surface area contributed by atoms with E-state index in [-0.39, 0.29) is 17.4 Å². The van der Waals surface area contributed by atoms with Gasteiger partial charge in [0.05, 0.1) is 23.6 Å². The monoisotopic (exact) mass is 502 g/mol. The van der Waals surface area contributed by atoms with Gasteiger partial charge < -0.3 is 10.6 Å². The third-order valence-corrected chi connectivity index (χ3v) is 7.53. The van der Waals surface area contributed by atoms with E-state index in [0.29, 0.717) is 11.0 Å². The summed E-state index contributed by atoms with van der Waals surface area (Å²) in [5.74, 6) is 0.360. The second kappa shape index (κ2) is 9.77. The molecule has 0 fully saturated rings. The molecule has 0 aliphatic heterocycles. The van der Waals surface area contributed by atoms with Crippen molar-refractivity contribution < 1.29 is 4.79 Å². The smallest absolute Gasteiger partial charge is 0.282 e. The molecule has 0 bridgehead atoms.